The number of nitro groups is 1. The van der Waals surface area contributed by atoms with E-state index in [9.17, 15) is 14.9 Å². The molecule has 0 unspecified atom stereocenters. The van der Waals surface area contributed by atoms with Gasteiger partial charge in [0.05, 0.1) is 15.6 Å². The van der Waals surface area contributed by atoms with Crippen molar-refractivity contribution in [3.63, 3.8) is 0 Å². The quantitative estimate of drug-likeness (QED) is 0.268. The van der Waals surface area contributed by atoms with E-state index in [4.69, 9.17) is 16.0 Å². The van der Waals surface area contributed by atoms with Gasteiger partial charge >= 0.3 is 0 Å². The summed E-state index contributed by atoms with van der Waals surface area (Å²) in [5.41, 5.74) is 4.28. The Morgan fingerprint density at radius 2 is 1.91 bits per heavy atom. The fraction of sp³-hybridized carbons (Fsp3) is 0.167. The summed E-state index contributed by atoms with van der Waals surface area (Å²) in [6.45, 7) is 5.81. The summed E-state index contributed by atoms with van der Waals surface area (Å²) < 4.78 is 5.89. The van der Waals surface area contributed by atoms with Crippen molar-refractivity contribution >= 4 is 40.0 Å². The molecule has 4 rings (SSSR count). The molecule has 0 spiro atoms. The summed E-state index contributed by atoms with van der Waals surface area (Å²) in [5.74, 6) is 0.361. The second-order valence-corrected chi connectivity index (χ2v) is 8.22. The number of hydrogen-bond acceptors (Lipinski definition) is 5. The number of nitrogens with one attached hydrogen (secondary N) is 1. The Morgan fingerprint density at radius 1 is 1.12 bits per heavy atom. The number of nitro benzene ring substituents is 1. The molecule has 0 atom stereocenters. The molecule has 0 bridgehead atoms. The normalized spacial score (nSPS) is 11.2. The van der Waals surface area contributed by atoms with Gasteiger partial charge in [-0.25, -0.2) is 4.98 Å². The molecule has 0 aliphatic rings. The Hall–Kier alpha value is -3.71. The van der Waals surface area contributed by atoms with E-state index in [1.165, 1.54) is 23.8 Å². The molecule has 7 nitrogen and oxygen atoms in total. The number of anilines is 1. The molecule has 8 heteroatoms. The lowest BCUT2D eigenvalue weighted by Crippen LogP contribution is -2.12. The summed E-state index contributed by atoms with van der Waals surface area (Å²) in [6.07, 6.45) is 0. The lowest BCUT2D eigenvalue weighted by molar-refractivity contribution is -0.385. The van der Waals surface area contributed by atoms with Crippen LogP contribution in [0.1, 0.15) is 41.3 Å². The summed E-state index contributed by atoms with van der Waals surface area (Å²) >= 11 is 6.29. The van der Waals surface area contributed by atoms with Gasteiger partial charge in [0, 0.05) is 22.8 Å². The highest BCUT2D eigenvalue weighted by molar-refractivity contribution is 6.34. The smallest absolute Gasteiger partial charge is 0.272 e. The van der Waals surface area contributed by atoms with Gasteiger partial charge in [0.25, 0.3) is 11.6 Å². The van der Waals surface area contributed by atoms with Crippen LogP contribution in [0, 0.1) is 17.0 Å². The molecule has 1 N–H and O–H groups in total. The van der Waals surface area contributed by atoms with Gasteiger partial charge in [-0.05, 0) is 60.9 Å². The molecule has 32 heavy (non-hydrogen) atoms. The predicted octanol–water partition coefficient (Wildman–Crippen LogP) is 6.74. The van der Waals surface area contributed by atoms with E-state index in [1.807, 2.05) is 18.2 Å². The topological polar surface area (TPSA) is 98.3 Å². The van der Waals surface area contributed by atoms with E-state index in [-0.39, 0.29) is 11.3 Å². The third kappa shape index (κ3) is 4.20. The number of aromatic nitrogens is 1. The maximum Gasteiger partial charge on any atom is 0.272 e. The molecule has 0 fully saturated rings. The van der Waals surface area contributed by atoms with Crippen LogP contribution in [0.5, 0.6) is 0 Å². The van der Waals surface area contributed by atoms with E-state index in [2.05, 4.69) is 24.1 Å². The van der Waals surface area contributed by atoms with Crippen LogP contribution in [-0.2, 0) is 0 Å². The zero-order valence-corrected chi connectivity index (χ0v) is 18.4. The van der Waals surface area contributed by atoms with Crippen LogP contribution in [0.2, 0.25) is 5.02 Å². The number of aryl methyl sites for hydroxylation is 1. The first-order valence-corrected chi connectivity index (χ1v) is 10.4. The highest BCUT2D eigenvalue weighted by atomic mass is 35.5. The Morgan fingerprint density at radius 3 is 2.59 bits per heavy atom. The minimum absolute atomic E-state index is 0.0434. The van der Waals surface area contributed by atoms with Gasteiger partial charge in [-0.3, -0.25) is 14.9 Å². The summed E-state index contributed by atoms with van der Waals surface area (Å²) in [4.78, 5) is 27.8. The maximum atomic E-state index is 12.7. The molecule has 1 heterocycles. The molecule has 0 radical (unpaired) electrons. The standard InChI is InChI=1S/C24H20ClN3O4/c1-13(2)15-6-9-22-20(11-15)27-24(32-22)17-4-7-18(25)19(12-17)26-23(29)16-5-8-21(28(30)31)14(3)10-16/h4-13H,1-3H3,(H,26,29). The molecular weight excluding hydrogens is 430 g/mol. The van der Waals surface area contributed by atoms with Crippen LogP contribution in [0.4, 0.5) is 11.4 Å². The predicted molar refractivity (Wildman–Crippen MR) is 124 cm³/mol. The molecule has 1 amide bonds. The van der Waals surface area contributed by atoms with Crippen LogP contribution in [0.25, 0.3) is 22.6 Å². The van der Waals surface area contributed by atoms with Gasteiger partial charge in [-0.2, -0.15) is 0 Å². The molecule has 0 saturated carbocycles. The molecule has 0 saturated heterocycles. The van der Waals surface area contributed by atoms with Gasteiger partial charge in [0.1, 0.15) is 5.52 Å². The van der Waals surface area contributed by atoms with Crippen LogP contribution in [0.3, 0.4) is 0 Å². The number of halogens is 1. The van der Waals surface area contributed by atoms with E-state index in [0.717, 1.165) is 5.52 Å². The van der Waals surface area contributed by atoms with E-state index in [1.54, 1.807) is 25.1 Å². The number of fused-ring (bicyclic) bond motifs is 1. The average molecular weight is 450 g/mol. The third-order valence-corrected chi connectivity index (χ3v) is 5.53. The second-order valence-electron chi connectivity index (χ2n) is 7.81. The zero-order chi connectivity index (χ0) is 23.0. The number of amides is 1. The maximum absolute atomic E-state index is 12.7. The number of oxazole rings is 1. The van der Waals surface area contributed by atoms with Crippen molar-refractivity contribution in [1.82, 2.24) is 4.98 Å². The lowest BCUT2D eigenvalue weighted by Gasteiger charge is -2.09. The lowest BCUT2D eigenvalue weighted by atomic mass is 10.0. The van der Waals surface area contributed by atoms with Crippen molar-refractivity contribution < 1.29 is 14.1 Å². The third-order valence-electron chi connectivity index (χ3n) is 5.20. The van der Waals surface area contributed by atoms with Crippen molar-refractivity contribution in [2.75, 3.05) is 5.32 Å². The number of nitrogens with zero attached hydrogens (tertiary/aromatic N) is 2. The molecule has 0 aliphatic heterocycles. The summed E-state index contributed by atoms with van der Waals surface area (Å²) in [6, 6.07) is 15.2. The molecule has 1 aromatic heterocycles. The molecule has 3 aromatic carbocycles. The van der Waals surface area contributed by atoms with Crippen molar-refractivity contribution in [2.24, 2.45) is 0 Å². The fourth-order valence-corrected chi connectivity index (χ4v) is 3.54. The van der Waals surface area contributed by atoms with E-state index in [0.29, 0.717) is 39.2 Å². The van der Waals surface area contributed by atoms with Crippen LogP contribution in [0.15, 0.2) is 59.0 Å². The Kier molecular flexibility index (Phi) is 5.67. The first-order valence-electron chi connectivity index (χ1n) is 9.99. The average Bonchev–Trinajstić information content (AvgIpc) is 3.18. The van der Waals surface area contributed by atoms with Gasteiger partial charge < -0.3 is 9.73 Å². The van der Waals surface area contributed by atoms with Crippen LogP contribution in [-0.4, -0.2) is 15.8 Å². The highest BCUT2D eigenvalue weighted by Crippen LogP contribution is 2.32. The number of rotatable bonds is 5. The van der Waals surface area contributed by atoms with Crippen molar-refractivity contribution in [2.45, 2.75) is 26.7 Å². The molecule has 0 aliphatic carbocycles. The van der Waals surface area contributed by atoms with Crippen molar-refractivity contribution in [3.8, 4) is 11.5 Å². The van der Waals surface area contributed by atoms with Gasteiger partial charge in [0.2, 0.25) is 5.89 Å². The van der Waals surface area contributed by atoms with Crippen molar-refractivity contribution in [1.29, 1.82) is 0 Å². The molecular formula is C24H20ClN3O4. The van der Waals surface area contributed by atoms with Crippen molar-refractivity contribution in [3.05, 3.63) is 86.4 Å². The Labute approximate surface area is 189 Å². The Bertz CT molecular complexity index is 1360. The molecule has 4 aromatic rings. The number of carbonyl (C=O) groups is 1. The van der Waals surface area contributed by atoms with Gasteiger partial charge in [-0.15, -0.1) is 0 Å². The van der Waals surface area contributed by atoms with E-state index < -0.39 is 10.8 Å². The van der Waals surface area contributed by atoms with E-state index >= 15 is 0 Å². The largest absolute Gasteiger partial charge is 0.436 e. The summed E-state index contributed by atoms with van der Waals surface area (Å²) in [5, 5.41) is 14.1. The monoisotopic (exact) mass is 449 g/mol. The molecule has 162 valence electrons. The first-order chi connectivity index (χ1) is 15.2. The summed E-state index contributed by atoms with van der Waals surface area (Å²) in [7, 11) is 0. The van der Waals surface area contributed by atoms with Crippen LogP contribution < -0.4 is 5.32 Å². The Balaban J connectivity index is 1.63. The first kappa shape index (κ1) is 21.5. The minimum Gasteiger partial charge on any atom is -0.436 e. The van der Waals surface area contributed by atoms with Crippen LogP contribution >= 0.6 is 11.6 Å². The minimum atomic E-state index is -0.484. The number of benzene rings is 3. The zero-order valence-electron chi connectivity index (χ0n) is 17.7. The second kappa shape index (κ2) is 8.43. The SMILES string of the molecule is Cc1cc(C(=O)Nc2cc(-c3nc4cc(C(C)C)ccc4o3)ccc2Cl)ccc1[N+](=O)[O-]. The van der Waals surface area contributed by atoms with Gasteiger partial charge in [-0.1, -0.05) is 31.5 Å². The fourth-order valence-electron chi connectivity index (χ4n) is 3.38. The van der Waals surface area contributed by atoms with Gasteiger partial charge in [0.15, 0.2) is 5.58 Å². The highest BCUT2D eigenvalue weighted by Gasteiger charge is 2.16. The number of carbonyl (C=O) groups excluding carboxylic acids is 1. The number of hydrogen-bond donors (Lipinski definition) is 1.